The molecular formula is C34H35ClF3N3O7. The Morgan fingerprint density at radius 1 is 1.04 bits per heavy atom. The Morgan fingerprint density at radius 3 is 2.38 bits per heavy atom. The summed E-state index contributed by atoms with van der Waals surface area (Å²) in [6, 6.07) is 11.5. The molecule has 3 N–H and O–H groups in total. The van der Waals surface area contributed by atoms with Crippen molar-refractivity contribution in [2.45, 2.75) is 49.3 Å². The minimum absolute atomic E-state index is 0.0327. The lowest BCUT2D eigenvalue weighted by Gasteiger charge is -2.47. The van der Waals surface area contributed by atoms with Gasteiger partial charge in [0.1, 0.15) is 23.5 Å². The molecule has 2 saturated heterocycles. The molecule has 14 heteroatoms. The molecule has 0 radical (unpaired) electrons. The second-order valence-electron chi connectivity index (χ2n) is 11.8. The normalized spacial score (nSPS) is 18.5. The van der Waals surface area contributed by atoms with Crippen molar-refractivity contribution in [1.82, 2.24) is 10.2 Å². The van der Waals surface area contributed by atoms with Crippen LogP contribution in [0.1, 0.15) is 41.9 Å². The molecule has 5 rings (SSSR count). The van der Waals surface area contributed by atoms with Crippen LogP contribution < -0.4 is 10.6 Å². The summed E-state index contributed by atoms with van der Waals surface area (Å²) in [6.07, 6.45) is -1.29. The van der Waals surface area contributed by atoms with E-state index in [9.17, 15) is 28.3 Å². The summed E-state index contributed by atoms with van der Waals surface area (Å²) < 4.78 is 60.9. The zero-order valence-electron chi connectivity index (χ0n) is 26.0. The molecule has 3 aromatic rings. The van der Waals surface area contributed by atoms with Crippen LogP contribution in [-0.4, -0.2) is 79.3 Å². The predicted molar refractivity (Wildman–Crippen MR) is 170 cm³/mol. The van der Waals surface area contributed by atoms with E-state index in [1.165, 1.54) is 35.2 Å². The third-order valence-corrected chi connectivity index (χ3v) is 8.89. The molecule has 3 atom stereocenters. The van der Waals surface area contributed by atoms with Crippen LogP contribution in [0.5, 0.6) is 0 Å². The van der Waals surface area contributed by atoms with Gasteiger partial charge in [-0.05, 0) is 60.4 Å². The molecule has 0 saturated carbocycles. The fourth-order valence-corrected chi connectivity index (χ4v) is 6.46. The van der Waals surface area contributed by atoms with Crippen molar-refractivity contribution in [3.05, 3.63) is 99.8 Å². The Bertz CT molecular complexity index is 1620. The average molecular weight is 690 g/mol. The number of morpholine rings is 1. The first kappa shape index (κ1) is 35.0. The average Bonchev–Trinajstić information content (AvgIpc) is 3.04. The summed E-state index contributed by atoms with van der Waals surface area (Å²) in [5.74, 6) is -4.40. The number of ether oxygens (including phenoxy) is 3. The van der Waals surface area contributed by atoms with Gasteiger partial charge in [-0.2, -0.15) is 0 Å². The summed E-state index contributed by atoms with van der Waals surface area (Å²) in [6.45, 7) is 1.17. The molecule has 3 amide bonds. The third kappa shape index (κ3) is 8.38. The number of alkyl carbamates (subject to hydrolysis) is 1. The molecule has 3 aromatic carbocycles. The van der Waals surface area contributed by atoms with Crippen LogP contribution in [0, 0.1) is 17.5 Å². The van der Waals surface area contributed by atoms with Gasteiger partial charge in [0.05, 0.1) is 31.9 Å². The number of carboxylic acid groups (broad SMARTS) is 1. The first-order valence-corrected chi connectivity index (χ1v) is 15.7. The first-order valence-electron chi connectivity index (χ1n) is 15.3. The number of methoxy groups -OCH3 is 1. The van der Waals surface area contributed by atoms with E-state index in [-0.39, 0.29) is 42.7 Å². The molecule has 2 heterocycles. The second-order valence-corrected chi connectivity index (χ2v) is 12.3. The molecule has 2 aliphatic heterocycles. The number of halogens is 4. The van der Waals surface area contributed by atoms with Crippen LogP contribution in [0.3, 0.4) is 0 Å². The molecule has 1 unspecified atom stereocenters. The topological polar surface area (TPSA) is 126 Å². The van der Waals surface area contributed by atoms with Gasteiger partial charge in [0.15, 0.2) is 0 Å². The van der Waals surface area contributed by atoms with E-state index in [2.05, 4.69) is 10.6 Å². The van der Waals surface area contributed by atoms with Crippen molar-refractivity contribution < 1.29 is 46.9 Å². The number of nitrogens with one attached hydrogen (secondary N) is 2. The van der Waals surface area contributed by atoms with E-state index in [1.54, 1.807) is 12.1 Å². The van der Waals surface area contributed by atoms with E-state index >= 15 is 4.39 Å². The van der Waals surface area contributed by atoms with Crippen molar-refractivity contribution >= 4 is 35.4 Å². The number of hydrogen-bond donors (Lipinski definition) is 3. The summed E-state index contributed by atoms with van der Waals surface area (Å²) in [5, 5.41) is 15.3. The van der Waals surface area contributed by atoms with Crippen LogP contribution in [0.15, 0.2) is 60.7 Å². The van der Waals surface area contributed by atoms with Crippen molar-refractivity contribution in [1.29, 1.82) is 0 Å². The number of nitrogens with zero attached hydrogens (tertiary/aromatic N) is 1. The molecule has 0 bridgehead atoms. The molecule has 2 fully saturated rings. The Morgan fingerprint density at radius 2 is 1.73 bits per heavy atom. The quantitative estimate of drug-likeness (QED) is 0.247. The smallest absolute Gasteiger partial charge is 0.407 e. The zero-order valence-corrected chi connectivity index (χ0v) is 26.8. The maximum atomic E-state index is 15.4. The number of amides is 3. The van der Waals surface area contributed by atoms with Gasteiger partial charge in [0, 0.05) is 54.3 Å². The van der Waals surface area contributed by atoms with E-state index in [4.69, 9.17) is 25.8 Å². The molecule has 1 spiro atoms. The highest BCUT2D eigenvalue weighted by atomic mass is 35.5. The number of rotatable bonds is 9. The van der Waals surface area contributed by atoms with E-state index in [0.717, 1.165) is 19.2 Å². The molecule has 0 aliphatic carbocycles. The van der Waals surface area contributed by atoms with Crippen molar-refractivity contribution in [3.8, 4) is 0 Å². The fraction of sp³-hybridized carbons (Fsp3) is 0.382. The van der Waals surface area contributed by atoms with Crippen LogP contribution in [0.4, 0.5) is 28.4 Å². The minimum atomic E-state index is -1.50. The van der Waals surface area contributed by atoms with Gasteiger partial charge >= 0.3 is 12.2 Å². The fourth-order valence-electron chi connectivity index (χ4n) is 6.34. The van der Waals surface area contributed by atoms with Gasteiger partial charge in [0.2, 0.25) is 5.91 Å². The molecule has 0 aromatic heterocycles. The predicted octanol–water partition coefficient (Wildman–Crippen LogP) is 6.11. The van der Waals surface area contributed by atoms with Crippen LogP contribution in [0.25, 0.3) is 0 Å². The van der Waals surface area contributed by atoms with Gasteiger partial charge in [0.25, 0.3) is 0 Å². The largest absolute Gasteiger partial charge is 0.465 e. The Balaban J connectivity index is 1.44. The van der Waals surface area contributed by atoms with Crippen LogP contribution >= 0.6 is 11.6 Å². The van der Waals surface area contributed by atoms with E-state index < -0.39 is 59.2 Å². The SMILES string of the molecule is COC(=O)N[C@H](C(=O)Nc1cccc(F)c1CCC1CN(C(=O)O)CC2(CCOCC2)O1)[C@@H](c1ccc(Cl)cc1)c1cc(F)cc(F)c1. The van der Waals surface area contributed by atoms with E-state index in [1.807, 2.05) is 0 Å². The number of carbonyl (C=O) groups is 3. The summed E-state index contributed by atoms with van der Waals surface area (Å²) in [4.78, 5) is 39.8. The van der Waals surface area contributed by atoms with Gasteiger partial charge in [-0.3, -0.25) is 4.79 Å². The highest BCUT2D eigenvalue weighted by molar-refractivity contribution is 6.30. The number of benzene rings is 3. The van der Waals surface area contributed by atoms with Gasteiger partial charge in [-0.1, -0.05) is 29.8 Å². The molecule has 48 heavy (non-hydrogen) atoms. The second kappa shape index (κ2) is 15.3. The Labute approximate surface area is 280 Å². The standard InChI is InChI=1S/C34H35ClF3N3O7/c1-46-32(43)40-30(29(20-5-7-22(35)8-6-20)21-15-23(36)17-24(37)16-21)31(42)39-28-4-2-3-27(38)26(28)10-9-25-18-41(33(44)45)19-34(48-25)11-13-47-14-12-34/h2-8,15-17,25,29-30H,9-14,18-19H2,1H3,(H,39,42)(H,40,43)(H,44,45)/t25?,29-,30-/m0/s1. The molecular weight excluding hydrogens is 655 g/mol. The van der Waals surface area contributed by atoms with Crippen molar-refractivity contribution in [2.75, 3.05) is 38.7 Å². The maximum absolute atomic E-state index is 15.4. The summed E-state index contributed by atoms with van der Waals surface area (Å²) >= 11 is 6.08. The van der Waals surface area contributed by atoms with Crippen molar-refractivity contribution in [2.24, 2.45) is 0 Å². The minimum Gasteiger partial charge on any atom is -0.465 e. The van der Waals surface area contributed by atoms with Crippen molar-refractivity contribution in [3.63, 3.8) is 0 Å². The lowest BCUT2D eigenvalue weighted by atomic mass is 9.84. The van der Waals surface area contributed by atoms with Gasteiger partial charge in [-0.15, -0.1) is 0 Å². The highest BCUT2D eigenvalue weighted by Crippen LogP contribution is 2.35. The summed E-state index contributed by atoms with van der Waals surface area (Å²) in [5.41, 5.74) is -0.0699. The number of hydrogen-bond acceptors (Lipinski definition) is 6. The first-order chi connectivity index (χ1) is 23.0. The molecule has 2 aliphatic rings. The Hall–Kier alpha value is -4.33. The number of carbonyl (C=O) groups excluding carboxylic acids is 2. The Kier molecular flexibility index (Phi) is 11.1. The zero-order chi connectivity index (χ0) is 34.4. The van der Waals surface area contributed by atoms with E-state index in [0.29, 0.717) is 42.7 Å². The van der Waals surface area contributed by atoms with Gasteiger partial charge < -0.3 is 34.9 Å². The molecule has 256 valence electrons. The highest BCUT2D eigenvalue weighted by Gasteiger charge is 2.43. The maximum Gasteiger partial charge on any atom is 0.407 e. The third-order valence-electron chi connectivity index (χ3n) is 8.63. The lowest BCUT2D eigenvalue weighted by Crippen LogP contribution is -2.58. The monoisotopic (exact) mass is 689 g/mol. The number of anilines is 1. The molecule has 10 nitrogen and oxygen atoms in total. The van der Waals surface area contributed by atoms with Crippen LogP contribution in [-0.2, 0) is 25.4 Å². The van der Waals surface area contributed by atoms with Gasteiger partial charge in [-0.25, -0.2) is 22.8 Å². The summed E-state index contributed by atoms with van der Waals surface area (Å²) in [7, 11) is 1.09. The lowest BCUT2D eigenvalue weighted by molar-refractivity contribution is -0.184. The van der Waals surface area contributed by atoms with Crippen LogP contribution in [0.2, 0.25) is 5.02 Å².